The largest absolute Gasteiger partial charge is 0.322 e. The lowest BCUT2D eigenvalue weighted by Gasteiger charge is -2.10. The van der Waals surface area contributed by atoms with Crippen molar-refractivity contribution in [3.8, 4) is 0 Å². The minimum atomic E-state index is -0.449. The second-order valence-electron chi connectivity index (χ2n) is 6.58. The quantitative estimate of drug-likeness (QED) is 0.327. The van der Waals surface area contributed by atoms with Crippen molar-refractivity contribution in [1.82, 2.24) is 0 Å². The second kappa shape index (κ2) is 8.89. The van der Waals surface area contributed by atoms with Crippen LogP contribution in [-0.4, -0.2) is 18.1 Å². The maximum absolute atomic E-state index is 12.7. The molecule has 4 rings (SSSR count). The maximum Gasteiger partial charge on any atom is 0.267 e. The van der Waals surface area contributed by atoms with Crippen LogP contribution in [-0.2, 0) is 0 Å². The van der Waals surface area contributed by atoms with E-state index >= 15 is 0 Å². The van der Waals surface area contributed by atoms with Crippen molar-refractivity contribution in [2.75, 3.05) is 10.6 Å². The Hall–Kier alpha value is -3.19. The van der Waals surface area contributed by atoms with Crippen LogP contribution < -0.4 is 10.6 Å². The van der Waals surface area contributed by atoms with Crippen LogP contribution in [0.2, 0.25) is 10.0 Å². The monoisotopic (exact) mass is 468 g/mol. The molecule has 0 aliphatic heterocycles. The summed E-state index contributed by atoms with van der Waals surface area (Å²) in [5, 5.41) is 7.18. The molecule has 2 N–H and O–H groups in total. The van der Waals surface area contributed by atoms with Gasteiger partial charge in [-0.25, -0.2) is 0 Å². The molecule has 0 atom stereocenters. The summed E-state index contributed by atoms with van der Waals surface area (Å²) in [5.74, 6) is -0.837. The first kappa shape index (κ1) is 21.1. The third-order valence-electron chi connectivity index (χ3n) is 4.52. The summed E-state index contributed by atoms with van der Waals surface area (Å²) in [6, 6.07) is 18.6. The summed E-state index contributed by atoms with van der Waals surface area (Å²) in [5.41, 5.74) is 1.25. The predicted molar refractivity (Wildman–Crippen MR) is 126 cm³/mol. The Balaban J connectivity index is 1.55. The lowest BCUT2D eigenvalue weighted by Crippen LogP contribution is -2.15. The third-order valence-corrected chi connectivity index (χ3v) is 6.45. The number of aldehydes is 1. The molecule has 5 nitrogen and oxygen atoms in total. The molecule has 0 saturated heterocycles. The van der Waals surface area contributed by atoms with Crippen molar-refractivity contribution >= 4 is 74.1 Å². The van der Waals surface area contributed by atoms with Crippen LogP contribution in [0.25, 0.3) is 10.1 Å². The van der Waals surface area contributed by atoms with E-state index in [4.69, 9.17) is 23.2 Å². The molecule has 0 spiro atoms. The first-order chi connectivity index (χ1) is 15.0. The van der Waals surface area contributed by atoms with E-state index in [1.807, 2.05) is 24.3 Å². The van der Waals surface area contributed by atoms with Gasteiger partial charge in [-0.05, 0) is 48.5 Å². The molecule has 1 aromatic heterocycles. The van der Waals surface area contributed by atoms with E-state index in [2.05, 4.69) is 10.6 Å². The maximum atomic E-state index is 12.7. The van der Waals surface area contributed by atoms with Crippen molar-refractivity contribution in [2.45, 2.75) is 0 Å². The van der Waals surface area contributed by atoms with Crippen molar-refractivity contribution in [3.05, 3.63) is 92.8 Å². The number of fused-ring (bicyclic) bond motifs is 1. The second-order valence-corrected chi connectivity index (χ2v) is 8.44. The highest BCUT2D eigenvalue weighted by Crippen LogP contribution is 2.35. The van der Waals surface area contributed by atoms with Gasteiger partial charge in [-0.3, -0.25) is 14.4 Å². The van der Waals surface area contributed by atoms with Crippen LogP contribution in [0.1, 0.15) is 30.4 Å². The average Bonchev–Trinajstić information content (AvgIpc) is 3.12. The van der Waals surface area contributed by atoms with Crippen LogP contribution in [0.4, 0.5) is 11.4 Å². The normalized spacial score (nSPS) is 10.6. The van der Waals surface area contributed by atoms with Gasteiger partial charge < -0.3 is 10.6 Å². The zero-order valence-electron chi connectivity index (χ0n) is 15.8. The summed E-state index contributed by atoms with van der Waals surface area (Å²) in [4.78, 5) is 37.3. The average molecular weight is 469 g/mol. The Morgan fingerprint density at radius 3 is 2.23 bits per heavy atom. The summed E-state index contributed by atoms with van der Waals surface area (Å²) < 4.78 is 0.903. The standard InChI is InChI=1S/C23H14Cl2N2O3S/c24-14-5-7-15(8-6-14)26-22(29)17-10-9-16(11-13(17)12-28)27-23(30)21-20(25)18-3-1-2-4-19(18)31-21/h1-12H,(H,26,29)(H,27,30). The Morgan fingerprint density at radius 1 is 0.839 bits per heavy atom. The van der Waals surface area contributed by atoms with E-state index in [9.17, 15) is 14.4 Å². The minimum Gasteiger partial charge on any atom is -0.322 e. The summed E-state index contributed by atoms with van der Waals surface area (Å²) >= 11 is 13.5. The summed E-state index contributed by atoms with van der Waals surface area (Å²) in [6.45, 7) is 0. The van der Waals surface area contributed by atoms with Crippen LogP contribution in [0.5, 0.6) is 0 Å². The Morgan fingerprint density at radius 2 is 1.52 bits per heavy atom. The van der Waals surface area contributed by atoms with Gasteiger partial charge in [-0.2, -0.15) is 0 Å². The van der Waals surface area contributed by atoms with Crippen molar-refractivity contribution in [1.29, 1.82) is 0 Å². The van der Waals surface area contributed by atoms with Crippen LogP contribution in [0.3, 0.4) is 0 Å². The van der Waals surface area contributed by atoms with Gasteiger partial charge in [-0.1, -0.05) is 41.4 Å². The highest BCUT2D eigenvalue weighted by Gasteiger charge is 2.18. The molecule has 0 aliphatic carbocycles. The molecular formula is C23H14Cl2N2O3S. The lowest BCUT2D eigenvalue weighted by molar-refractivity contribution is 0.101. The molecule has 0 radical (unpaired) electrons. The van der Waals surface area contributed by atoms with Gasteiger partial charge in [0.1, 0.15) is 4.88 Å². The first-order valence-electron chi connectivity index (χ1n) is 9.11. The van der Waals surface area contributed by atoms with Gasteiger partial charge in [0.05, 0.1) is 10.6 Å². The molecule has 8 heteroatoms. The van der Waals surface area contributed by atoms with Gasteiger partial charge in [0, 0.05) is 32.0 Å². The smallest absolute Gasteiger partial charge is 0.267 e. The van der Waals surface area contributed by atoms with E-state index in [0.29, 0.717) is 32.6 Å². The zero-order valence-corrected chi connectivity index (χ0v) is 18.1. The Labute approximate surface area is 191 Å². The molecule has 0 bridgehead atoms. The molecule has 4 aromatic rings. The Bertz CT molecular complexity index is 1320. The summed E-state index contributed by atoms with van der Waals surface area (Å²) in [7, 11) is 0. The number of anilines is 2. The fourth-order valence-electron chi connectivity index (χ4n) is 3.02. The lowest BCUT2D eigenvalue weighted by atomic mass is 10.1. The number of amides is 2. The molecule has 154 valence electrons. The number of carbonyl (C=O) groups is 3. The minimum absolute atomic E-state index is 0.145. The SMILES string of the molecule is O=Cc1cc(NC(=O)c2sc3ccccc3c2Cl)ccc1C(=O)Nc1ccc(Cl)cc1. The molecule has 0 aliphatic rings. The van der Waals surface area contributed by atoms with Gasteiger partial charge in [-0.15, -0.1) is 11.3 Å². The van der Waals surface area contributed by atoms with Crippen molar-refractivity contribution in [3.63, 3.8) is 0 Å². The molecule has 0 unspecified atom stereocenters. The van der Waals surface area contributed by atoms with Crippen LogP contribution in [0.15, 0.2) is 66.7 Å². The number of halogens is 2. The predicted octanol–water partition coefficient (Wildman–Crippen LogP) is 6.53. The number of rotatable bonds is 5. The van der Waals surface area contributed by atoms with Gasteiger partial charge in [0.25, 0.3) is 11.8 Å². The highest BCUT2D eigenvalue weighted by molar-refractivity contribution is 7.21. The molecule has 31 heavy (non-hydrogen) atoms. The Kier molecular flexibility index (Phi) is 6.04. The van der Waals surface area contributed by atoms with E-state index in [-0.39, 0.29) is 17.0 Å². The van der Waals surface area contributed by atoms with Crippen LogP contribution in [0, 0.1) is 0 Å². The van der Waals surface area contributed by atoms with Gasteiger partial charge >= 0.3 is 0 Å². The fourth-order valence-corrected chi connectivity index (χ4v) is 4.56. The summed E-state index contributed by atoms with van der Waals surface area (Å²) in [6.07, 6.45) is 0.568. The van der Waals surface area contributed by atoms with Gasteiger partial charge in [0.2, 0.25) is 0 Å². The molecule has 2 amide bonds. The number of hydrogen-bond acceptors (Lipinski definition) is 4. The number of nitrogens with one attached hydrogen (secondary N) is 2. The van der Waals surface area contributed by atoms with E-state index in [1.54, 1.807) is 30.3 Å². The molecule has 3 aromatic carbocycles. The number of thiophene rings is 1. The van der Waals surface area contributed by atoms with E-state index in [0.717, 1.165) is 10.1 Å². The molecule has 0 saturated carbocycles. The fraction of sp³-hybridized carbons (Fsp3) is 0. The molecule has 1 heterocycles. The van der Waals surface area contributed by atoms with E-state index < -0.39 is 5.91 Å². The zero-order chi connectivity index (χ0) is 22.0. The molecule has 0 fully saturated rings. The van der Waals surface area contributed by atoms with Crippen LogP contribution >= 0.6 is 34.5 Å². The topological polar surface area (TPSA) is 75.3 Å². The first-order valence-corrected chi connectivity index (χ1v) is 10.7. The third kappa shape index (κ3) is 4.46. The highest BCUT2D eigenvalue weighted by atomic mass is 35.5. The van der Waals surface area contributed by atoms with E-state index in [1.165, 1.54) is 23.5 Å². The molecular weight excluding hydrogens is 455 g/mol. The van der Waals surface area contributed by atoms with Crippen molar-refractivity contribution < 1.29 is 14.4 Å². The number of carbonyl (C=O) groups excluding carboxylic acids is 3. The van der Waals surface area contributed by atoms with Crippen molar-refractivity contribution in [2.24, 2.45) is 0 Å². The number of benzene rings is 3. The van der Waals surface area contributed by atoms with Gasteiger partial charge in [0.15, 0.2) is 6.29 Å². The number of hydrogen-bond donors (Lipinski definition) is 2.